The third kappa shape index (κ3) is 2.95. The van der Waals surface area contributed by atoms with Crippen LogP contribution in [0.25, 0.3) is 44.3 Å². The molecule has 5 aromatic rings. The van der Waals surface area contributed by atoms with Crippen molar-refractivity contribution in [1.82, 2.24) is 19.9 Å². The van der Waals surface area contributed by atoms with Gasteiger partial charge in [-0.25, -0.2) is 15.0 Å². The summed E-state index contributed by atoms with van der Waals surface area (Å²) < 4.78 is 10.8. The summed E-state index contributed by atoms with van der Waals surface area (Å²) >= 11 is 0. The molecule has 0 amide bonds. The SMILES string of the molecule is COc1ccc(-c2ncnc3ccc(-c4cnc5[nH]ccc5c4)cc23)cc1OC. The van der Waals surface area contributed by atoms with Gasteiger partial charge in [0.25, 0.3) is 0 Å². The number of ether oxygens (including phenoxy) is 2. The maximum atomic E-state index is 5.46. The number of rotatable bonds is 4. The van der Waals surface area contributed by atoms with E-state index >= 15 is 0 Å². The first kappa shape index (κ1) is 17.2. The number of H-pyrrole nitrogens is 1. The Morgan fingerprint density at radius 2 is 1.62 bits per heavy atom. The van der Waals surface area contributed by atoms with Crippen molar-refractivity contribution < 1.29 is 9.47 Å². The van der Waals surface area contributed by atoms with Crippen molar-refractivity contribution in [3.63, 3.8) is 0 Å². The first-order valence-electron chi connectivity index (χ1n) is 9.17. The van der Waals surface area contributed by atoms with Gasteiger partial charge in [-0.1, -0.05) is 6.07 Å². The van der Waals surface area contributed by atoms with Gasteiger partial charge in [0.05, 0.1) is 25.4 Å². The summed E-state index contributed by atoms with van der Waals surface area (Å²) in [6.45, 7) is 0. The molecule has 0 saturated heterocycles. The van der Waals surface area contributed by atoms with Crippen molar-refractivity contribution in [2.24, 2.45) is 0 Å². The minimum Gasteiger partial charge on any atom is -0.493 e. The van der Waals surface area contributed by atoms with Gasteiger partial charge in [0.2, 0.25) is 0 Å². The normalized spacial score (nSPS) is 11.1. The van der Waals surface area contributed by atoms with E-state index in [0.29, 0.717) is 11.5 Å². The van der Waals surface area contributed by atoms with Crippen LogP contribution >= 0.6 is 0 Å². The molecule has 0 aliphatic heterocycles. The smallest absolute Gasteiger partial charge is 0.161 e. The lowest BCUT2D eigenvalue weighted by molar-refractivity contribution is 0.355. The first-order valence-corrected chi connectivity index (χ1v) is 9.17. The highest BCUT2D eigenvalue weighted by Gasteiger charge is 2.12. The van der Waals surface area contributed by atoms with Gasteiger partial charge in [0.15, 0.2) is 11.5 Å². The standard InChI is InChI=1S/C23H18N4O2/c1-28-20-6-4-15(11-21(20)29-2)22-18-10-14(3-5-19(18)26-13-27-22)17-9-16-7-8-24-23(16)25-12-17/h3-13H,1-2H3,(H,24,25). The van der Waals surface area contributed by atoms with Gasteiger partial charge >= 0.3 is 0 Å². The molecule has 29 heavy (non-hydrogen) atoms. The quantitative estimate of drug-likeness (QED) is 0.481. The van der Waals surface area contributed by atoms with Crippen LogP contribution < -0.4 is 9.47 Å². The third-order valence-corrected chi connectivity index (χ3v) is 5.03. The highest BCUT2D eigenvalue weighted by Crippen LogP contribution is 2.35. The Balaban J connectivity index is 1.68. The van der Waals surface area contributed by atoms with Crippen LogP contribution in [0.5, 0.6) is 11.5 Å². The second kappa shape index (κ2) is 6.91. The van der Waals surface area contributed by atoms with Gasteiger partial charge in [0, 0.05) is 34.3 Å². The fourth-order valence-corrected chi connectivity index (χ4v) is 3.55. The molecule has 0 aliphatic carbocycles. The van der Waals surface area contributed by atoms with Crippen LogP contribution in [0.2, 0.25) is 0 Å². The number of pyridine rings is 1. The molecule has 142 valence electrons. The number of benzene rings is 2. The van der Waals surface area contributed by atoms with E-state index in [0.717, 1.165) is 44.3 Å². The summed E-state index contributed by atoms with van der Waals surface area (Å²) in [5.41, 5.74) is 5.64. The van der Waals surface area contributed by atoms with Crippen LogP contribution in [0, 0.1) is 0 Å². The Morgan fingerprint density at radius 3 is 2.48 bits per heavy atom. The van der Waals surface area contributed by atoms with E-state index in [9.17, 15) is 0 Å². The molecule has 0 fully saturated rings. The minimum atomic E-state index is 0.662. The second-order valence-corrected chi connectivity index (χ2v) is 6.66. The van der Waals surface area contributed by atoms with E-state index < -0.39 is 0 Å². The lowest BCUT2D eigenvalue weighted by atomic mass is 10.0. The van der Waals surface area contributed by atoms with E-state index in [1.165, 1.54) is 0 Å². The van der Waals surface area contributed by atoms with Crippen LogP contribution in [0.4, 0.5) is 0 Å². The Bertz CT molecular complexity index is 1340. The minimum absolute atomic E-state index is 0.662. The Morgan fingerprint density at radius 1 is 0.759 bits per heavy atom. The lowest BCUT2D eigenvalue weighted by Gasteiger charge is -2.11. The predicted molar refractivity (Wildman–Crippen MR) is 113 cm³/mol. The molecule has 0 atom stereocenters. The molecule has 0 radical (unpaired) electrons. The van der Waals surface area contributed by atoms with E-state index in [1.807, 2.05) is 42.7 Å². The van der Waals surface area contributed by atoms with E-state index in [4.69, 9.17) is 9.47 Å². The van der Waals surface area contributed by atoms with E-state index in [1.54, 1.807) is 20.5 Å². The predicted octanol–water partition coefficient (Wildman–Crippen LogP) is 4.86. The molecule has 0 unspecified atom stereocenters. The van der Waals surface area contributed by atoms with E-state index in [2.05, 4.69) is 38.1 Å². The highest BCUT2D eigenvalue weighted by molar-refractivity contribution is 5.95. The molecule has 3 heterocycles. The Labute approximate surface area is 167 Å². The molecule has 5 rings (SSSR count). The third-order valence-electron chi connectivity index (χ3n) is 5.03. The molecule has 0 saturated carbocycles. The largest absolute Gasteiger partial charge is 0.493 e. The highest BCUT2D eigenvalue weighted by atomic mass is 16.5. The summed E-state index contributed by atoms with van der Waals surface area (Å²) in [4.78, 5) is 16.6. The van der Waals surface area contributed by atoms with Crippen molar-refractivity contribution in [1.29, 1.82) is 0 Å². The Kier molecular flexibility index (Phi) is 4.09. The number of nitrogens with one attached hydrogen (secondary N) is 1. The molecule has 0 aliphatic rings. The summed E-state index contributed by atoms with van der Waals surface area (Å²) in [6, 6.07) is 16.1. The average molecular weight is 382 g/mol. The topological polar surface area (TPSA) is 72.9 Å². The number of fused-ring (bicyclic) bond motifs is 2. The van der Waals surface area contributed by atoms with Crippen molar-refractivity contribution in [2.45, 2.75) is 0 Å². The number of hydrogen-bond donors (Lipinski definition) is 1. The van der Waals surface area contributed by atoms with Gasteiger partial charge < -0.3 is 14.5 Å². The number of aromatic nitrogens is 4. The molecule has 0 bridgehead atoms. The Hall–Kier alpha value is -3.93. The lowest BCUT2D eigenvalue weighted by Crippen LogP contribution is -1.93. The van der Waals surface area contributed by atoms with Gasteiger partial charge in [-0.15, -0.1) is 0 Å². The molecule has 6 heteroatoms. The van der Waals surface area contributed by atoms with Crippen molar-refractivity contribution in [3.05, 3.63) is 67.3 Å². The monoisotopic (exact) mass is 382 g/mol. The number of hydrogen-bond acceptors (Lipinski definition) is 5. The molecular formula is C23H18N4O2. The maximum absolute atomic E-state index is 5.46. The van der Waals surface area contributed by atoms with Crippen LogP contribution in [-0.4, -0.2) is 34.2 Å². The number of methoxy groups -OCH3 is 2. The van der Waals surface area contributed by atoms with Crippen LogP contribution in [0.1, 0.15) is 0 Å². The maximum Gasteiger partial charge on any atom is 0.161 e. The summed E-state index contributed by atoms with van der Waals surface area (Å²) in [6.07, 6.45) is 5.35. The molecule has 3 aromatic heterocycles. The van der Waals surface area contributed by atoms with Gasteiger partial charge in [-0.3, -0.25) is 0 Å². The molecule has 1 N–H and O–H groups in total. The zero-order chi connectivity index (χ0) is 19.8. The van der Waals surface area contributed by atoms with Crippen molar-refractivity contribution >= 4 is 21.9 Å². The number of nitrogens with zero attached hydrogens (tertiary/aromatic N) is 3. The fraction of sp³-hybridized carbons (Fsp3) is 0.0870. The van der Waals surface area contributed by atoms with Crippen LogP contribution in [0.15, 0.2) is 67.3 Å². The summed E-state index contributed by atoms with van der Waals surface area (Å²) in [5.74, 6) is 1.34. The van der Waals surface area contributed by atoms with Crippen molar-refractivity contribution in [3.8, 4) is 33.9 Å². The molecule has 2 aromatic carbocycles. The van der Waals surface area contributed by atoms with Crippen LogP contribution in [0.3, 0.4) is 0 Å². The van der Waals surface area contributed by atoms with Crippen LogP contribution in [-0.2, 0) is 0 Å². The second-order valence-electron chi connectivity index (χ2n) is 6.66. The van der Waals surface area contributed by atoms with E-state index in [-0.39, 0.29) is 0 Å². The molecule has 0 spiro atoms. The van der Waals surface area contributed by atoms with Crippen molar-refractivity contribution in [2.75, 3.05) is 14.2 Å². The van der Waals surface area contributed by atoms with Gasteiger partial charge in [-0.2, -0.15) is 0 Å². The van der Waals surface area contributed by atoms with Gasteiger partial charge in [0.1, 0.15) is 12.0 Å². The zero-order valence-electron chi connectivity index (χ0n) is 16.0. The van der Waals surface area contributed by atoms with Gasteiger partial charge in [-0.05, 0) is 48.0 Å². The zero-order valence-corrected chi connectivity index (χ0v) is 16.0. The average Bonchev–Trinajstić information content (AvgIpc) is 3.25. The molecule has 6 nitrogen and oxygen atoms in total. The first-order chi connectivity index (χ1) is 14.3. The summed E-state index contributed by atoms with van der Waals surface area (Å²) in [7, 11) is 3.25. The number of aromatic amines is 1. The summed E-state index contributed by atoms with van der Waals surface area (Å²) in [5, 5.41) is 2.04. The fourth-order valence-electron chi connectivity index (χ4n) is 3.55. The molecular weight excluding hydrogens is 364 g/mol.